The van der Waals surface area contributed by atoms with Crippen LogP contribution in [0.5, 0.6) is 0 Å². The molecule has 2 N–H and O–H groups in total. The molecule has 2 aromatic heterocycles. The van der Waals surface area contributed by atoms with E-state index in [9.17, 15) is 9.36 Å². The van der Waals surface area contributed by atoms with Crippen LogP contribution in [-0.2, 0) is 29.7 Å². The number of nitrogens with two attached hydrogens (primary N) is 1. The smallest absolute Gasteiger partial charge is 0.331 e. The maximum absolute atomic E-state index is 12.8. The van der Waals surface area contributed by atoms with Crippen molar-refractivity contribution >= 4 is 42.3 Å². The van der Waals surface area contributed by atoms with Crippen LogP contribution in [0.3, 0.4) is 0 Å². The number of halogens is 1. The van der Waals surface area contributed by atoms with Crippen LogP contribution in [-0.4, -0.2) is 76.5 Å². The Labute approximate surface area is 180 Å². The van der Waals surface area contributed by atoms with Gasteiger partial charge in [0.05, 0.1) is 39.2 Å². The number of nitrogens with zero attached hydrogens (tertiary/aromatic N) is 5. The van der Waals surface area contributed by atoms with E-state index >= 15 is 0 Å². The van der Waals surface area contributed by atoms with Crippen molar-refractivity contribution in [3.63, 3.8) is 0 Å². The summed E-state index contributed by atoms with van der Waals surface area (Å²) in [6.45, 7) is 5.99. The molecule has 0 aromatic carbocycles. The maximum atomic E-state index is 12.8. The summed E-state index contributed by atoms with van der Waals surface area (Å²) in [5.74, 6) is -0.260. The molecule has 2 rings (SSSR count). The standard InChI is InChI=1S/C17H28ClN6O5P/c1-4-28-30(26,29-5-2)11-10-23(7-6-13(25)27-3)8-9-24-12-20-14-15(18)21-17(19)22-16(14)24/h12H,4-11H2,1-3H3,(H2,19,21,22). The van der Waals surface area contributed by atoms with Crippen LogP contribution in [0.2, 0.25) is 5.15 Å². The summed E-state index contributed by atoms with van der Waals surface area (Å²) in [4.78, 5) is 25.9. The number of rotatable bonds is 13. The Morgan fingerprint density at radius 1 is 1.23 bits per heavy atom. The van der Waals surface area contributed by atoms with E-state index in [4.69, 9.17) is 31.1 Å². The van der Waals surface area contributed by atoms with Crippen LogP contribution in [0.25, 0.3) is 11.2 Å². The number of imidazole rings is 1. The van der Waals surface area contributed by atoms with Gasteiger partial charge in [-0.2, -0.15) is 9.97 Å². The van der Waals surface area contributed by atoms with E-state index in [1.165, 1.54) is 7.11 Å². The van der Waals surface area contributed by atoms with Gasteiger partial charge >= 0.3 is 13.6 Å². The second-order valence-corrected chi connectivity index (χ2v) is 8.86. The number of ether oxygens (including phenoxy) is 1. The second kappa shape index (κ2) is 11.6. The summed E-state index contributed by atoms with van der Waals surface area (Å²) in [7, 11) is -1.85. The van der Waals surface area contributed by atoms with Gasteiger partial charge in [-0.3, -0.25) is 9.36 Å². The van der Waals surface area contributed by atoms with E-state index in [1.54, 1.807) is 24.7 Å². The predicted molar refractivity (Wildman–Crippen MR) is 114 cm³/mol. The highest BCUT2D eigenvalue weighted by Gasteiger charge is 2.25. The Balaban J connectivity index is 2.09. The molecule has 0 atom stereocenters. The minimum atomic E-state index is -3.20. The molecule has 13 heteroatoms. The van der Waals surface area contributed by atoms with Gasteiger partial charge in [0.15, 0.2) is 10.8 Å². The van der Waals surface area contributed by atoms with Gasteiger partial charge in [-0.1, -0.05) is 11.6 Å². The lowest BCUT2D eigenvalue weighted by Crippen LogP contribution is -2.33. The number of carbonyl (C=O) groups excluding carboxylic acids is 1. The summed E-state index contributed by atoms with van der Waals surface area (Å²) in [6.07, 6.45) is 2.02. The molecule has 0 saturated heterocycles. The summed E-state index contributed by atoms with van der Waals surface area (Å²) >= 11 is 6.07. The molecule has 11 nitrogen and oxygen atoms in total. The van der Waals surface area contributed by atoms with E-state index in [0.29, 0.717) is 50.6 Å². The summed E-state index contributed by atoms with van der Waals surface area (Å²) in [6, 6.07) is 0. The largest absolute Gasteiger partial charge is 0.469 e. The van der Waals surface area contributed by atoms with E-state index in [0.717, 1.165) is 0 Å². The number of nitrogen functional groups attached to an aromatic ring is 1. The molecule has 2 aromatic rings. The lowest BCUT2D eigenvalue weighted by molar-refractivity contribution is -0.140. The Hall–Kier alpha value is -1.78. The molecular formula is C17H28ClN6O5P. The Morgan fingerprint density at radius 2 is 1.93 bits per heavy atom. The summed E-state index contributed by atoms with van der Waals surface area (Å²) in [5.41, 5.74) is 6.67. The monoisotopic (exact) mass is 462 g/mol. The van der Waals surface area contributed by atoms with Gasteiger partial charge in [0.25, 0.3) is 0 Å². The molecule has 0 saturated carbocycles. The first-order chi connectivity index (χ1) is 14.3. The highest BCUT2D eigenvalue weighted by molar-refractivity contribution is 7.53. The maximum Gasteiger partial charge on any atom is 0.331 e. The quantitative estimate of drug-likeness (QED) is 0.268. The first-order valence-corrected chi connectivity index (χ1v) is 11.7. The first kappa shape index (κ1) is 24.5. The number of esters is 1. The third-order valence-corrected chi connectivity index (χ3v) is 6.61. The molecule has 168 valence electrons. The minimum Gasteiger partial charge on any atom is -0.469 e. The van der Waals surface area contributed by atoms with E-state index in [-0.39, 0.29) is 29.7 Å². The van der Waals surface area contributed by atoms with Crippen LogP contribution < -0.4 is 5.73 Å². The van der Waals surface area contributed by atoms with Gasteiger partial charge in [0.2, 0.25) is 5.95 Å². The zero-order valence-electron chi connectivity index (χ0n) is 17.4. The fourth-order valence-corrected chi connectivity index (χ4v) is 4.72. The van der Waals surface area contributed by atoms with Crippen molar-refractivity contribution in [3.8, 4) is 0 Å². The molecule has 0 aliphatic carbocycles. The number of hydrogen-bond donors (Lipinski definition) is 1. The molecule has 0 unspecified atom stereocenters. The molecule has 0 radical (unpaired) electrons. The summed E-state index contributed by atoms with van der Waals surface area (Å²) < 4.78 is 30.0. The fourth-order valence-electron chi connectivity index (χ4n) is 2.85. The predicted octanol–water partition coefficient (Wildman–Crippen LogP) is 2.19. The highest BCUT2D eigenvalue weighted by atomic mass is 35.5. The molecule has 0 amide bonds. The third kappa shape index (κ3) is 6.88. The number of fused-ring (bicyclic) bond motifs is 1. The van der Waals surface area contributed by atoms with Gasteiger partial charge in [-0.15, -0.1) is 0 Å². The van der Waals surface area contributed by atoms with Crippen LogP contribution >= 0.6 is 19.2 Å². The Kier molecular flexibility index (Phi) is 9.44. The van der Waals surface area contributed by atoms with Crippen LogP contribution in [0.4, 0.5) is 5.95 Å². The van der Waals surface area contributed by atoms with Crippen molar-refractivity contribution in [2.24, 2.45) is 0 Å². The van der Waals surface area contributed by atoms with Crippen molar-refractivity contribution in [2.75, 3.05) is 51.9 Å². The van der Waals surface area contributed by atoms with Gasteiger partial charge in [0.1, 0.15) is 5.52 Å². The molecule has 0 bridgehead atoms. The molecule has 0 spiro atoms. The second-order valence-electron chi connectivity index (χ2n) is 6.32. The molecule has 0 fully saturated rings. The number of carbonyl (C=O) groups is 1. The number of hydrogen-bond acceptors (Lipinski definition) is 10. The molecule has 2 heterocycles. The normalized spacial score (nSPS) is 12.0. The van der Waals surface area contributed by atoms with Crippen LogP contribution in [0.15, 0.2) is 6.33 Å². The van der Waals surface area contributed by atoms with E-state index < -0.39 is 7.60 Å². The molecule has 0 aliphatic rings. The summed E-state index contributed by atoms with van der Waals surface area (Å²) in [5, 5.41) is 0.188. The fraction of sp³-hybridized carbons (Fsp3) is 0.647. The van der Waals surface area contributed by atoms with Gasteiger partial charge in [0, 0.05) is 26.2 Å². The number of anilines is 1. The van der Waals surface area contributed by atoms with E-state index in [1.807, 2.05) is 4.90 Å². The lowest BCUT2D eigenvalue weighted by atomic mass is 10.3. The van der Waals surface area contributed by atoms with Crippen LogP contribution in [0.1, 0.15) is 20.3 Å². The topological polar surface area (TPSA) is 135 Å². The first-order valence-electron chi connectivity index (χ1n) is 9.63. The average Bonchev–Trinajstić information content (AvgIpc) is 3.10. The Bertz CT molecular complexity index is 885. The number of aromatic nitrogens is 4. The van der Waals surface area contributed by atoms with Crippen molar-refractivity contribution in [1.29, 1.82) is 0 Å². The highest BCUT2D eigenvalue weighted by Crippen LogP contribution is 2.47. The molecule has 30 heavy (non-hydrogen) atoms. The van der Waals surface area contributed by atoms with Gasteiger partial charge in [-0.25, -0.2) is 4.98 Å². The van der Waals surface area contributed by atoms with Crippen molar-refractivity contribution in [2.45, 2.75) is 26.8 Å². The minimum absolute atomic E-state index is 0.0613. The van der Waals surface area contributed by atoms with Crippen LogP contribution in [0, 0.1) is 0 Å². The zero-order valence-corrected chi connectivity index (χ0v) is 19.1. The third-order valence-electron chi connectivity index (χ3n) is 4.30. The number of methoxy groups -OCH3 is 1. The van der Waals surface area contributed by atoms with Crippen molar-refractivity contribution in [1.82, 2.24) is 24.4 Å². The van der Waals surface area contributed by atoms with Crippen molar-refractivity contribution in [3.05, 3.63) is 11.5 Å². The van der Waals surface area contributed by atoms with Crippen molar-refractivity contribution < 1.29 is 23.1 Å². The molecule has 0 aliphatic heterocycles. The zero-order chi connectivity index (χ0) is 22.1. The Morgan fingerprint density at radius 3 is 2.57 bits per heavy atom. The lowest BCUT2D eigenvalue weighted by Gasteiger charge is -2.24. The van der Waals surface area contributed by atoms with Gasteiger partial charge in [-0.05, 0) is 13.8 Å². The van der Waals surface area contributed by atoms with Gasteiger partial charge < -0.3 is 29.0 Å². The molecular weight excluding hydrogens is 435 g/mol. The average molecular weight is 463 g/mol. The SMILES string of the molecule is CCOP(=O)(CCN(CCC(=O)OC)CCn1cnc2c(Cl)nc(N)nc21)OCC. The van der Waals surface area contributed by atoms with E-state index in [2.05, 4.69) is 15.0 Å².